The van der Waals surface area contributed by atoms with Gasteiger partial charge in [-0.15, -0.1) is 0 Å². The lowest BCUT2D eigenvalue weighted by Crippen LogP contribution is -2.26. The van der Waals surface area contributed by atoms with Crippen LogP contribution in [0.25, 0.3) is 0 Å². The van der Waals surface area contributed by atoms with Gasteiger partial charge in [0, 0.05) is 0 Å². The van der Waals surface area contributed by atoms with Gasteiger partial charge in [0.1, 0.15) is 0 Å². The molecule has 0 saturated heterocycles. The first-order valence-electron chi connectivity index (χ1n) is 5.06. The van der Waals surface area contributed by atoms with Gasteiger partial charge in [0.25, 0.3) is 0 Å². The van der Waals surface area contributed by atoms with Crippen LogP contribution in [0.4, 0.5) is 0 Å². The molecular weight excluding hydrogens is 196 g/mol. The molecule has 0 rings (SSSR count). The van der Waals surface area contributed by atoms with Crippen molar-refractivity contribution in [3.05, 3.63) is 0 Å². The fraction of sp³-hybridized carbons (Fsp3) is 0.818. The maximum Gasteiger partial charge on any atom is 0.309 e. The minimum absolute atomic E-state index is 0.499. The Hall–Kier alpha value is -1.06. The predicted octanol–water partition coefficient (Wildman–Crippen LogP) is 2.38. The minimum atomic E-state index is -0.837. The molecule has 4 nitrogen and oxygen atoms in total. The third kappa shape index (κ3) is 4.32. The Morgan fingerprint density at radius 1 is 0.867 bits per heavy atom. The molecule has 0 atom stereocenters. The second-order valence-electron chi connectivity index (χ2n) is 5.23. The summed E-state index contributed by atoms with van der Waals surface area (Å²) in [5.74, 6) is -1.67. The summed E-state index contributed by atoms with van der Waals surface area (Å²) in [5.41, 5.74) is -1.54. The number of hydrogen-bond acceptors (Lipinski definition) is 2. The van der Waals surface area contributed by atoms with Crippen molar-refractivity contribution >= 4 is 11.9 Å². The first-order chi connectivity index (χ1) is 6.59. The van der Waals surface area contributed by atoms with Crippen molar-refractivity contribution < 1.29 is 19.8 Å². The zero-order valence-electron chi connectivity index (χ0n) is 9.83. The van der Waals surface area contributed by atoms with E-state index in [2.05, 4.69) is 0 Å². The van der Waals surface area contributed by atoms with Crippen molar-refractivity contribution in [3.8, 4) is 0 Å². The first kappa shape index (κ1) is 13.9. The maximum atomic E-state index is 10.8. The molecule has 0 heterocycles. The zero-order chi connectivity index (χ0) is 12.3. The van der Waals surface area contributed by atoms with Crippen molar-refractivity contribution in [1.82, 2.24) is 0 Å². The SMILES string of the molecule is CC(C)(CCCC(C)(C)C(=O)O)C(=O)O. The fourth-order valence-corrected chi connectivity index (χ4v) is 1.19. The van der Waals surface area contributed by atoms with Crippen LogP contribution in [0.1, 0.15) is 47.0 Å². The summed E-state index contributed by atoms with van der Waals surface area (Å²) in [6, 6.07) is 0. The third-order valence-corrected chi connectivity index (χ3v) is 2.76. The largest absolute Gasteiger partial charge is 0.481 e. The zero-order valence-corrected chi connectivity index (χ0v) is 9.83. The lowest BCUT2D eigenvalue weighted by Gasteiger charge is -2.23. The number of carboxylic acids is 2. The maximum absolute atomic E-state index is 10.8. The Bertz CT molecular complexity index is 227. The second kappa shape index (κ2) is 4.64. The molecular formula is C11H20O4. The number of carboxylic acid groups (broad SMARTS) is 2. The Balaban J connectivity index is 4.11. The van der Waals surface area contributed by atoms with E-state index < -0.39 is 22.8 Å². The van der Waals surface area contributed by atoms with Gasteiger partial charge in [-0.25, -0.2) is 0 Å². The van der Waals surface area contributed by atoms with E-state index in [0.717, 1.165) is 0 Å². The van der Waals surface area contributed by atoms with Crippen LogP contribution in [0.15, 0.2) is 0 Å². The minimum Gasteiger partial charge on any atom is -0.481 e. The van der Waals surface area contributed by atoms with Crippen molar-refractivity contribution in [2.45, 2.75) is 47.0 Å². The molecule has 88 valence electrons. The summed E-state index contributed by atoms with van der Waals surface area (Å²) in [6.07, 6.45) is 1.61. The van der Waals surface area contributed by atoms with Crippen LogP contribution in [-0.2, 0) is 9.59 Å². The topological polar surface area (TPSA) is 74.6 Å². The van der Waals surface area contributed by atoms with Gasteiger partial charge in [-0.3, -0.25) is 9.59 Å². The van der Waals surface area contributed by atoms with E-state index in [1.165, 1.54) is 0 Å². The van der Waals surface area contributed by atoms with Gasteiger partial charge >= 0.3 is 11.9 Å². The summed E-state index contributed by atoms with van der Waals surface area (Å²) < 4.78 is 0. The monoisotopic (exact) mass is 216 g/mol. The quantitative estimate of drug-likeness (QED) is 0.714. The predicted molar refractivity (Wildman–Crippen MR) is 56.7 cm³/mol. The number of carbonyl (C=O) groups is 2. The van der Waals surface area contributed by atoms with Crippen molar-refractivity contribution in [2.24, 2.45) is 10.8 Å². The molecule has 0 fully saturated rings. The lowest BCUT2D eigenvalue weighted by atomic mass is 9.81. The molecule has 0 aliphatic heterocycles. The van der Waals surface area contributed by atoms with E-state index in [1.807, 2.05) is 0 Å². The number of hydrogen-bond donors (Lipinski definition) is 2. The standard InChI is InChI=1S/C11H20O4/c1-10(2,8(12)13)6-5-7-11(3,4)9(14)15/h5-7H2,1-4H3,(H,12,13)(H,14,15). The first-order valence-corrected chi connectivity index (χ1v) is 5.06. The van der Waals surface area contributed by atoms with E-state index >= 15 is 0 Å². The van der Waals surface area contributed by atoms with Gasteiger partial charge in [-0.2, -0.15) is 0 Å². The van der Waals surface area contributed by atoms with Gasteiger partial charge < -0.3 is 10.2 Å². The molecule has 2 N–H and O–H groups in total. The number of rotatable bonds is 6. The second-order valence-corrected chi connectivity index (χ2v) is 5.23. The Kier molecular flexibility index (Phi) is 4.31. The molecule has 15 heavy (non-hydrogen) atoms. The van der Waals surface area contributed by atoms with E-state index in [0.29, 0.717) is 19.3 Å². The summed E-state index contributed by atoms with van der Waals surface area (Å²) in [5, 5.41) is 17.7. The Morgan fingerprint density at radius 3 is 1.33 bits per heavy atom. The summed E-state index contributed by atoms with van der Waals surface area (Å²) in [6.45, 7) is 6.62. The molecule has 0 radical (unpaired) electrons. The van der Waals surface area contributed by atoms with Crippen LogP contribution in [0, 0.1) is 10.8 Å². The van der Waals surface area contributed by atoms with Crippen LogP contribution in [0.3, 0.4) is 0 Å². The van der Waals surface area contributed by atoms with E-state index in [4.69, 9.17) is 10.2 Å². The third-order valence-electron chi connectivity index (χ3n) is 2.76. The van der Waals surface area contributed by atoms with E-state index in [9.17, 15) is 9.59 Å². The Morgan fingerprint density at radius 2 is 1.13 bits per heavy atom. The van der Waals surface area contributed by atoms with Crippen LogP contribution in [-0.4, -0.2) is 22.2 Å². The van der Waals surface area contributed by atoms with Gasteiger partial charge in [-0.05, 0) is 40.5 Å². The highest BCUT2D eigenvalue weighted by atomic mass is 16.4. The van der Waals surface area contributed by atoms with Gasteiger partial charge in [0.2, 0.25) is 0 Å². The molecule has 0 aliphatic carbocycles. The van der Waals surface area contributed by atoms with Gasteiger partial charge in [0.15, 0.2) is 0 Å². The number of aliphatic carboxylic acids is 2. The van der Waals surface area contributed by atoms with Crippen molar-refractivity contribution in [1.29, 1.82) is 0 Å². The lowest BCUT2D eigenvalue weighted by molar-refractivity contribution is -0.148. The molecule has 0 unspecified atom stereocenters. The molecule has 0 amide bonds. The summed E-state index contributed by atoms with van der Waals surface area (Å²) in [7, 11) is 0. The molecule has 0 saturated carbocycles. The summed E-state index contributed by atoms with van der Waals surface area (Å²) in [4.78, 5) is 21.6. The Labute approximate surface area is 90.3 Å². The average Bonchev–Trinajstić information content (AvgIpc) is 2.02. The van der Waals surface area contributed by atoms with Crippen molar-refractivity contribution in [2.75, 3.05) is 0 Å². The van der Waals surface area contributed by atoms with Crippen LogP contribution >= 0.6 is 0 Å². The molecule has 0 aromatic heterocycles. The highest BCUT2D eigenvalue weighted by molar-refractivity contribution is 5.74. The fourth-order valence-electron chi connectivity index (χ4n) is 1.19. The molecule has 0 aromatic rings. The highest BCUT2D eigenvalue weighted by Gasteiger charge is 2.30. The van der Waals surface area contributed by atoms with Crippen LogP contribution in [0.2, 0.25) is 0 Å². The van der Waals surface area contributed by atoms with Crippen molar-refractivity contribution in [3.63, 3.8) is 0 Å². The van der Waals surface area contributed by atoms with E-state index in [-0.39, 0.29) is 0 Å². The smallest absolute Gasteiger partial charge is 0.309 e. The van der Waals surface area contributed by atoms with Gasteiger partial charge in [0.05, 0.1) is 10.8 Å². The molecule has 0 bridgehead atoms. The highest BCUT2D eigenvalue weighted by Crippen LogP contribution is 2.29. The molecule has 0 aliphatic rings. The van der Waals surface area contributed by atoms with E-state index in [1.54, 1.807) is 27.7 Å². The summed E-state index contributed by atoms with van der Waals surface area (Å²) >= 11 is 0. The molecule has 0 aromatic carbocycles. The van der Waals surface area contributed by atoms with Crippen LogP contribution < -0.4 is 0 Å². The van der Waals surface area contributed by atoms with Gasteiger partial charge in [-0.1, -0.05) is 6.42 Å². The van der Waals surface area contributed by atoms with Crippen LogP contribution in [0.5, 0.6) is 0 Å². The molecule has 0 spiro atoms. The normalized spacial score (nSPS) is 12.5. The molecule has 4 heteroatoms. The average molecular weight is 216 g/mol.